The zero-order valence-electron chi connectivity index (χ0n) is 12.1. The summed E-state index contributed by atoms with van der Waals surface area (Å²) in [6.45, 7) is 2.71. The molecule has 0 saturated heterocycles. The summed E-state index contributed by atoms with van der Waals surface area (Å²) in [5.74, 6) is 0.473. The van der Waals surface area contributed by atoms with Gasteiger partial charge in [-0.3, -0.25) is 0 Å². The topological polar surface area (TPSA) is 52.5 Å². The van der Waals surface area contributed by atoms with Crippen molar-refractivity contribution in [1.29, 1.82) is 0 Å². The van der Waals surface area contributed by atoms with Crippen LogP contribution in [-0.2, 0) is 22.5 Å². The van der Waals surface area contributed by atoms with Gasteiger partial charge in [0.25, 0.3) is 0 Å². The molecule has 2 unspecified atom stereocenters. The lowest BCUT2D eigenvalue weighted by molar-refractivity contribution is 0.135. The second-order valence-electron chi connectivity index (χ2n) is 4.83. The molecule has 0 heterocycles. The van der Waals surface area contributed by atoms with Gasteiger partial charge in [0.15, 0.2) is 4.90 Å². The van der Waals surface area contributed by atoms with Gasteiger partial charge in [-0.15, -0.1) is 0 Å². The van der Waals surface area contributed by atoms with E-state index in [0.717, 1.165) is 16.0 Å². The third kappa shape index (κ3) is 5.17. The van der Waals surface area contributed by atoms with Crippen LogP contribution in [0.25, 0.3) is 0 Å². The van der Waals surface area contributed by atoms with Crippen LogP contribution in [0.2, 0.25) is 0 Å². The molecule has 0 radical (unpaired) electrons. The van der Waals surface area contributed by atoms with E-state index < -0.39 is 17.3 Å². The highest BCUT2D eigenvalue weighted by molar-refractivity contribution is 7.91. The number of hydrogen-bond donors (Lipinski definition) is 1. The van der Waals surface area contributed by atoms with Gasteiger partial charge in [-0.25, -0.2) is 0 Å². The van der Waals surface area contributed by atoms with E-state index >= 15 is 0 Å². The summed E-state index contributed by atoms with van der Waals surface area (Å²) >= 11 is -1.07. The third-order valence-corrected chi connectivity index (χ3v) is 4.49. The van der Waals surface area contributed by atoms with Crippen molar-refractivity contribution < 1.29 is 14.4 Å². The molecule has 0 aromatic heterocycles. The summed E-state index contributed by atoms with van der Waals surface area (Å²) in [5.41, 5.74) is 1.95. The molecule has 4 heteroatoms. The second kappa shape index (κ2) is 8.20. The van der Waals surface area contributed by atoms with Crippen LogP contribution in [0.15, 0.2) is 59.5 Å². The highest BCUT2D eigenvalue weighted by Crippen LogP contribution is 2.17. The number of ether oxygens (including phenoxy) is 1. The molecule has 0 fully saturated rings. The summed E-state index contributed by atoms with van der Waals surface area (Å²) < 4.78 is 17.6. The van der Waals surface area contributed by atoms with Crippen molar-refractivity contribution in [3.8, 4) is 0 Å². The van der Waals surface area contributed by atoms with Gasteiger partial charge in [0.1, 0.15) is 5.75 Å². The Hall–Kier alpha value is -1.33. The van der Waals surface area contributed by atoms with Gasteiger partial charge < -0.3 is 14.4 Å². The maximum atomic E-state index is 12.1. The van der Waals surface area contributed by atoms with Crippen LogP contribution in [-0.4, -0.2) is 22.0 Å². The van der Waals surface area contributed by atoms with Gasteiger partial charge >= 0.3 is 0 Å². The van der Waals surface area contributed by atoms with Crippen molar-refractivity contribution in [3.05, 3.63) is 65.7 Å². The smallest absolute Gasteiger partial charge is 0.152 e. The van der Waals surface area contributed by atoms with Gasteiger partial charge in [0.2, 0.25) is 0 Å². The van der Waals surface area contributed by atoms with E-state index in [9.17, 15) is 9.66 Å². The van der Waals surface area contributed by atoms with E-state index in [1.165, 1.54) is 0 Å². The van der Waals surface area contributed by atoms with Gasteiger partial charge in [0.05, 0.1) is 19.3 Å². The molecule has 0 bridgehead atoms. The Kier molecular flexibility index (Phi) is 6.26. The van der Waals surface area contributed by atoms with Crippen molar-refractivity contribution in [2.24, 2.45) is 0 Å². The van der Waals surface area contributed by atoms with Crippen LogP contribution in [0, 0.1) is 0 Å². The predicted molar refractivity (Wildman–Crippen MR) is 84.4 cm³/mol. The largest absolute Gasteiger partial charge is 0.611 e. The van der Waals surface area contributed by atoms with Crippen molar-refractivity contribution in [2.75, 3.05) is 12.4 Å². The third-order valence-electron chi connectivity index (χ3n) is 3.15. The lowest BCUT2D eigenvalue weighted by Gasteiger charge is -2.12. The maximum Gasteiger partial charge on any atom is 0.152 e. The molecule has 21 heavy (non-hydrogen) atoms. The van der Waals surface area contributed by atoms with Crippen molar-refractivity contribution >= 4 is 11.2 Å². The SMILES string of the molecule is CC(O)c1ccc([S+]([O-])CCOCc2ccccc2)cc1. The molecule has 0 saturated carbocycles. The molecule has 0 aliphatic carbocycles. The number of benzene rings is 2. The Labute approximate surface area is 128 Å². The number of aliphatic hydroxyl groups is 1. The molecule has 0 amide bonds. The molecule has 2 atom stereocenters. The molecular weight excluding hydrogens is 284 g/mol. The Morgan fingerprint density at radius 3 is 2.38 bits per heavy atom. The van der Waals surface area contributed by atoms with Crippen LogP contribution < -0.4 is 0 Å². The van der Waals surface area contributed by atoms with Gasteiger partial charge in [-0.05, 0) is 41.4 Å². The summed E-state index contributed by atoms with van der Waals surface area (Å²) in [6, 6.07) is 17.1. The van der Waals surface area contributed by atoms with Crippen LogP contribution in [0.3, 0.4) is 0 Å². The zero-order valence-corrected chi connectivity index (χ0v) is 12.9. The minimum atomic E-state index is -1.07. The average molecular weight is 304 g/mol. The predicted octanol–water partition coefficient (Wildman–Crippen LogP) is 3.06. The van der Waals surface area contributed by atoms with Crippen molar-refractivity contribution in [2.45, 2.75) is 24.5 Å². The monoisotopic (exact) mass is 304 g/mol. The van der Waals surface area contributed by atoms with E-state index in [1.807, 2.05) is 42.5 Å². The number of rotatable bonds is 7. The normalized spacial score (nSPS) is 13.9. The molecule has 2 rings (SSSR count). The first-order valence-electron chi connectivity index (χ1n) is 6.95. The van der Waals surface area contributed by atoms with Crippen LogP contribution in [0.4, 0.5) is 0 Å². The molecule has 112 valence electrons. The first-order chi connectivity index (χ1) is 10.2. The first kappa shape index (κ1) is 16.0. The number of hydrogen-bond acceptors (Lipinski definition) is 3. The maximum absolute atomic E-state index is 12.1. The fraction of sp³-hybridized carbons (Fsp3) is 0.294. The van der Waals surface area contributed by atoms with Gasteiger partial charge in [-0.1, -0.05) is 42.5 Å². The summed E-state index contributed by atoms with van der Waals surface area (Å²) in [6.07, 6.45) is -0.498. The highest BCUT2D eigenvalue weighted by atomic mass is 32.2. The van der Waals surface area contributed by atoms with E-state index in [4.69, 9.17) is 4.74 Å². The minimum absolute atomic E-state index is 0.458. The summed E-state index contributed by atoms with van der Waals surface area (Å²) in [7, 11) is 0. The van der Waals surface area contributed by atoms with Crippen molar-refractivity contribution in [1.82, 2.24) is 0 Å². The van der Waals surface area contributed by atoms with Gasteiger partial charge in [-0.2, -0.15) is 0 Å². The standard InChI is InChI=1S/C17H20O3S/c1-14(18)16-7-9-17(10-8-16)21(19)12-11-20-13-15-5-3-2-4-6-15/h2-10,14,18H,11-13H2,1H3. The first-order valence-corrected chi connectivity index (χ1v) is 8.27. The summed E-state index contributed by atoms with van der Waals surface area (Å²) in [5, 5.41) is 9.44. The molecular formula is C17H20O3S. The Bertz CT molecular complexity index is 525. The van der Waals surface area contributed by atoms with Crippen LogP contribution in [0.1, 0.15) is 24.2 Å². The van der Waals surface area contributed by atoms with Gasteiger partial charge in [0, 0.05) is 0 Å². The average Bonchev–Trinajstić information content (AvgIpc) is 2.52. The van der Waals surface area contributed by atoms with E-state index in [0.29, 0.717) is 19.0 Å². The quantitative estimate of drug-likeness (QED) is 0.632. The number of aliphatic hydroxyl groups excluding tert-OH is 1. The summed E-state index contributed by atoms with van der Waals surface area (Å²) in [4.78, 5) is 0.766. The fourth-order valence-corrected chi connectivity index (χ4v) is 2.86. The van der Waals surface area contributed by atoms with Crippen molar-refractivity contribution in [3.63, 3.8) is 0 Å². The lowest BCUT2D eigenvalue weighted by Crippen LogP contribution is -2.12. The molecule has 0 spiro atoms. The molecule has 0 aliphatic heterocycles. The van der Waals surface area contributed by atoms with Crippen LogP contribution in [0.5, 0.6) is 0 Å². The second-order valence-corrected chi connectivity index (χ2v) is 6.40. The molecule has 0 aliphatic rings. The Balaban J connectivity index is 1.75. The fourth-order valence-electron chi connectivity index (χ4n) is 1.91. The van der Waals surface area contributed by atoms with E-state index in [-0.39, 0.29) is 0 Å². The lowest BCUT2D eigenvalue weighted by atomic mass is 10.1. The van der Waals surface area contributed by atoms with Crippen LogP contribution >= 0.6 is 0 Å². The van der Waals surface area contributed by atoms with E-state index in [1.54, 1.807) is 19.1 Å². The molecule has 1 N–H and O–H groups in total. The minimum Gasteiger partial charge on any atom is -0.611 e. The van der Waals surface area contributed by atoms with E-state index in [2.05, 4.69) is 0 Å². The zero-order chi connectivity index (χ0) is 15.1. The molecule has 3 nitrogen and oxygen atoms in total. The highest BCUT2D eigenvalue weighted by Gasteiger charge is 2.11. The molecule has 2 aromatic carbocycles. The Morgan fingerprint density at radius 2 is 1.76 bits per heavy atom. The molecule has 2 aromatic rings. The Morgan fingerprint density at radius 1 is 1.10 bits per heavy atom.